The largest absolute Gasteiger partial charge is 0.466 e. The third-order valence-electron chi connectivity index (χ3n) is 0.850. The smallest absolute Gasteiger partial charge is 0.331 e. The van der Waals surface area contributed by atoms with E-state index in [1.807, 2.05) is 13.8 Å². The summed E-state index contributed by atoms with van der Waals surface area (Å²) < 4.78 is 4.37. The summed E-state index contributed by atoms with van der Waals surface area (Å²) in [4.78, 5) is 10.4. The summed E-state index contributed by atoms with van der Waals surface area (Å²) in [6, 6.07) is 0.348. The van der Waals surface area contributed by atoms with Gasteiger partial charge in [-0.15, -0.1) is 0 Å². The number of methoxy groups -OCH3 is 1. The number of rotatable bonds is 3. The van der Waals surface area contributed by atoms with Gasteiger partial charge in [-0.2, -0.15) is 0 Å². The summed E-state index contributed by atoms with van der Waals surface area (Å²) in [5.74, 6) is -0.340. The Hall–Kier alpha value is -0.990. The molecular weight excluding hydrogens is 130 g/mol. The lowest BCUT2D eigenvalue weighted by molar-refractivity contribution is -0.134. The Balaban J connectivity index is 3.46. The molecule has 0 saturated carbocycles. The first kappa shape index (κ1) is 9.01. The lowest BCUT2D eigenvalue weighted by atomic mass is 10.4. The molecule has 0 aliphatic rings. The van der Waals surface area contributed by atoms with Gasteiger partial charge in [0.05, 0.1) is 7.11 Å². The van der Waals surface area contributed by atoms with Crippen molar-refractivity contribution >= 4 is 5.97 Å². The van der Waals surface area contributed by atoms with Crippen LogP contribution in [0.25, 0.3) is 0 Å². The molecule has 10 heavy (non-hydrogen) atoms. The Labute approximate surface area is 61.1 Å². The minimum atomic E-state index is -0.340. The van der Waals surface area contributed by atoms with E-state index in [2.05, 4.69) is 10.1 Å². The maximum atomic E-state index is 10.4. The van der Waals surface area contributed by atoms with Crippen molar-refractivity contribution in [1.29, 1.82) is 0 Å². The number of hydrogen-bond acceptors (Lipinski definition) is 3. The predicted octanol–water partition coefficient (Wildman–Crippen LogP) is 0.671. The molecule has 58 valence electrons. The summed E-state index contributed by atoms with van der Waals surface area (Å²) in [6.07, 6.45) is 2.93. The summed E-state index contributed by atoms with van der Waals surface area (Å²) in [5.41, 5.74) is 0. The van der Waals surface area contributed by atoms with E-state index >= 15 is 0 Å². The van der Waals surface area contributed by atoms with E-state index in [1.54, 1.807) is 6.20 Å². The average Bonchev–Trinajstić information content (AvgIpc) is 1.87. The zero-order chi connectivity index (χ0) is 7.98. The fourth-order valence-electron chi connectivity index (χ4n) is 0.377. The highest BCUT2D eigenvalue weighted by molar-refractivity contribution is 5.81. The van der Waals surface area contributed by atoms with Crippen LogP contribution in [-0.4, -0.2) is 19.1 Å². The normalized spacial score (nSPS) is 10.4. The fraction of sp³-hybridized carbons (Fsp3) is 0.571. The van der Waals surface area contributed by atoms with Crippen molar-refractivity contribution in [2.75, 3.05) is 7.11 Å². The summed E-state index contributed by atoms with van der Waals surface area (Å²) in [6.45, 7) is 3.98. The first-order chi connectivity index (χ1) is 4.66. The molecule has 0 aromatic heterocycles. The second-order valence-corrected chi connectivity index (χ2v) is 2.18. The molecule has 0 rings (SSSR count). The van der Waals surface area contributed by atoms with Crippen LogP contribution in [0.3, 0.4) is 0 Å². The Kier molecular flexibility index (Phi) is 4.37. The van der Waals surface area contributed by atoms with Gasteiger partial charge in [0.25, 0.3) is 0 Å². The van der Waals surface area contributed by atoms with Crippen LogP contribution in [-0.2, 0) is 9.53 Å². The van der Waals surface area contributed by atoms with Crippen molar-refractivity contribution in [3.05, 3.63) is 12.3 Å². The molecule has 0 radical (unpaired) electrons. The van der Waals surface area contributed by atoms with Crippen LogP contribution in [0.15, 0.2) is 12.3 Å². The van der Waals surface area contributed by atoms with Gasteiger partial charge in [-0.25, -0.2) is 4.79 Å². The van der Waals surface area contributed by atoms with Crippen LogP contribution in [0.5, 0.6) is 0 Å². The van der Waals surface area contributed by atoms with E-state index in [-0.39, 0.29) is 5.97 Å². The molecule has 0 aromatic rings. The van der Waals surface area contributed by atoms with Crippen molar-refractivity contribution in [3.63, 3.8) is 0 Å². The highest BCUT2D eigenvalue weighted by atomic mass is 16.5. The van der Waals surface area contributed by atoms with Crippen LogP contribution in [0.1, 0.15) is 13.8 Å². The number of nitrogens with one attached hydrogen (secondary N) is 1. The second-order valence-electron chi connectivity index (χ2n) is 2.18. The van der Waals surface area contributed by atoms with Crippen LogP contribution < -0.4 is 5.32 Å². The number of ether oxygens (including phenoxy) is 1. The lowest BCUT2D eigenvalue weighted by Crippen LogP contribution is -2.15. The predicted molar refractivity (Wildman–Crippen MR) is 39.4 cm³/mol. The third-order valence-corrected chi connectivity index (χ3v) is 0.850. The van der Waals surface area contributed by atoms with Crippen molar-refractivity contribution in [2.45, 2.75) is 19.9 Å². The topological polar surface area (TPSA) is 38.3 Å². The highest BCUT2D eigenvalue weighted by Crippen LogP contribution is 1.78. The Morgan fingerprint density at radius 1 is 1.60 bits per heavy atom. The monoisotopic (exact) mass is 143 g/mol. The zero-order valence-electron chi connectivity index (χ0n) is 6.55. The molecule has 0 saturated heterocycles. The van der Waals surface area contributed by atoms with Gasteiger partial charge in [-0.05, 0) is 13.8 Å². The van der Waals surface area contributed by atoms with Gasteiger partial charge in [0, 0.05) is 18.3 Å². The van der Waals surface area contributed by atoms with Gasteiger partial charge in [0.15, 0.2) is 0 Å². The van der Waals surface area contributed by atoms with Crippen molar-refractivity contribution < 1.29 is 9.53 Å². The summed E-state index contributed by atoms with van der Waals surface area (Å²) >= 11 is 0. The van der Waals surface area contributed by atoms with E-state index < -0.39 is 0 Å². The van der Waals surface area contributed by atoms with Crippen LogP contribution >= 0.6 is 0 Å². The molecule has 0 fully saturated rings. The molecule has 0 amide bonds. The second kappa shape index (κ2) is 4.85. The molecular formula is C7H13NO2. The summed E-state index contributed by atoms with van der Waals surface area (Å²) in [7, 11) is 1.35. The molecule has 0 spiro atoms. The van der Waals surface area contributed by atoms with Crippen molar-refractivity contribution in [1.82, 2.24) is 5.32 Å². The average molecular weight is 143 g/mol. The molecule has 0 aromatic carbocycles. The quantitative estimate of drug-likeness (QED) is 0.466. The van der Waals surface area contributed by atoms with Gasteiger partial charge < -0.3 is 10.1 Å². The van der Waals surface area contributed by atoms with Crippen LogP contribution in [0.2, 0.25) is 0 Å². The third kappa shape index (κ3) is 5.15. The molecule has 3 heteroatoms. The molecule has 0 heterocycles. The van der Waals surface area contributed by atoms with Crippen molar-refractivity contribution in [2.24, 2.45) is 0 Å². The Bertz CT molecular complexity index is 130. The lowest BCUT2D eigenvalue weighted by Gasteiger charge is -2.01. The molecule has 0 atom stereocenters. The Morgan fingerprint density at radius 2 is 2.20 bits per heavy atom. The maximum absolute atomic E-state index is 10.4. The zero-order valence-corrected chi connectivity index (χ0v) is 6.55. The van der Waals surface area contributed by atoms with Gasteiger partial charge >= 0.3 is 5.97 Å². The van der Waals surface area contributed by atoms with Gasteiger partial charge in [-0.1, -0.05) is 0 Å². The van der Waals surface area contributed by atoms with Crippen LogP contribution in [0.4, 0.5) is 0 Å². The SMILES string of the molecule is COC(=O)C=CNC(C)C. The first-order valence-electron chi connectivity index (χ1n) is 3.17. The molecule has 0 unspecified atom stereocenters. The number of carbonyl (C=O) groups excluding carboxylic acids is 1. The molecule has 0 aliphatic carbocycles. The summed E-state index contributed by atoms with van der Waals surface area (Å²) in [5, 5.41) is 2.93. The molecule has 0 bridgehead atoms. The van der Waals surface area contributed by atoms with E-state index in [4.69, 9.17) is 0 Å². The molecule has 3 nitrogen and oxygen atoms in total. The van der Waals surface area contributed by atoms with Crippen LogP contribution in [0, 0.1) is 0 Å². The minimum absolute atomic E-state index is 0.340. The Morgan fingerprint density at radius 3 is 2.60 bits per heavy atom. The number of carbonyl (C=O) groups is 1. The van der Waals surface area contributed by atoms with Gasteiger partial charge in [0.1, 0.15) is 0 Å². The maximum Gasteiger partial charge on any atom is 0.331 e. The molecule has 0 aliphatic heterocycles. The van der Waals surface area contributed by atoms with E-state index in [1.165, 1.54) is 13.2 Å². The van der Waals surface area contributed by atoms with Crippen molar-refractivity contribution in [3.8, 4) is 0 Å². The molecule has 1 N–H and O–H groups in total. The van der Waals surface area contributed by atoms with Gasteiger partial charge in [0.2, 0.25) is 0 Å². The highest BCUT2D eigenvalue weighted by Gasteiger charge is 1.89. The number of esters is 1. The van der Waals surface area contributed by atoms with E-state index in [0.29, 0.717) is 6.04 Å². The number of hydrogen-bond donors (Lipinski definition) is 1. The van der Waals surface area contributed by atoms with E-state index in [0.717, 1.165) is 0 Å². The first-order valence-corrected chi connectivity index (χ1v) is 3.17. The van der Waals surface area contributed by atoms with Gasteiger partial charge in [-0.3, -0.25) is 0 Å². The standard InChI is InChI=1S/C7H13NO2/c1-6(2)8-5-4-7(9)10-3/h4-6,8H,1-3H3. The fourth-order valence-corrected chi connectivity index (χ4v) is 0.377. The van der Waals surface area contributed by atoms with E-state index in [9.17, 15) is 4.79 Å². The minimum Gasteiger partial charge on any atom is -0.466 e.